The van der Waals surface area contributed by atoms with Gasteiger partial charge >= 0.3 is 0 Å². The van der Waals surface area contributed by atoms with E-state index in [1.807, 2.05) is 56.8 Å². The van der Waals surface area contributed by atoms with Crippen LogP contribution in [0.4, 0.5) is 0 Å². The van der Waals surface area contributed by atoms with E-state index < -0.39 is 0 Å². The molecule has 1 N–H and O–H groups in total. The van der Waals surface area contributed by atoms with E-state index in [4.69, 9.17) is 4.42 Å². The van der Waals surface area contributed by atoms with Crippen molar-refractivity contribution in [1.29, 1.82) is 0 Å². The van der Waals surface area contributed by atoms with Crippen LogP contribution in [0.5, 0.6) is 0 Å². The molecule has 0 saturated carbocycles. The summed E-state index contributed by atoms with van der Waals surface area (Å²) >= 11 is 0. The van der Waals surface area contributed by atoms with Crippen molar-refractivity contribution >= 4 is 11.8 Å². The number of carbonyl (C=O) groups is 2. The van der Waals surface area contributed by atoms with E-state index >= 15 is 0 Å². The summed E-state index contributed by atoms with van der Waals surface area (Å²) in [4.78, 5) is 28.7. The number of carbonyl (C=O) groups excluding carboxylic acids is 2. The van der Waals surface area contributed by atoms with E-state index in [1.54, 1.807) is 6.26 Å². The summed E-state index contributed by atoms with van der Waals surface area (Å²) in [5.74, 6) is 1.05. The summed E-state index contributed by atoms with van der Waals surface area (Å²) in [6.45, 7) is 7.63. The quantitative estimate of drug-likeness (QED) is 0.886. The van der Waals surface area contributed by atoms with Gasteiger partial charge in [0.2, 0.25) is 11.8 Å². The van der Waals surface area contributed by atoms with Gasteiger partial charge in [-0.15, -0.1) is 0 Å². The maximum atomic E-state index is 12.5. The molecule has 1 aromatic heterocycles. The molecule has 6 nitrogen and oxygen atoms in total. The Morgan fingerprint density at radius 3 is 2.44 bits per heavy atom. The second-order valence-corrected chi connectivity index (χ2v) is 8.06. The minimum absolute atomic E-state index is 0.0153. The summed E-state index contributed by atoms with van der Waals surface area (Å²) < 4.78 is 5.47. The standard InChI is InChI=1S/C19H31N3O3/c1-19(2,3)18(24)22-10-8-14(9-11-22)17(23)20-13-15(21(4)5)16-7-6-12-25-16/h6-7,12,14-15H,8-11,13H2,1-5H3,(H,20,23). The van der Waals surface area contributed by atoms with Crippen LogP contribution in [0, 0.1) is 11.3 Å². The number of furan rings is 1. The third kappa shape index (κ3) is 5.08. The van der Waals surface area contributed by atoms with Gasteiger partial charge in [0.05, 0.1) is 12.3 Å². The van der Waals surface area contributed by atoms with Crippen LogP contribution < -0.4 is 5.32 Å². The Labute approximate surface area is 150 Å². The predicted molar refractivity (Wildman–Crippen MR) is 96.9 cm³/mol. The van der Waals surface area contributed by atoms with Gasteiger partial charge in [-0.2, -0.15) is 0 Å². The number of nitrogens with one attached hydrogen (secondary N) is 1. The Morgan fingerprint density at radius 1 is 1.32 bits per heavy atom. The highest BCUT2D eigenvalue weighted by molar-refractivity contribution is 5.82. The molecule has 0 bridgehead atoms. The monoisotopic (exact) mass is 349 g/mol. The molecule has 1 aliphatic heterocycles. The van der Waals surface area contributed by atoms with Crippen LogP contribution in [-0.4, -0.2) is 55.3 Å². The molecule has 1 unspecified atom stereocenters. The van der Waals surface area contributed by atoms with Crippen molar-refractivity contribution in [1.82, 2.24) is 15.1 Å². The zero-order valence-electron chi connectivity index (χ0n) is 16.0. The van der Waals surface area contributed by atoms with Gasteiger partial charge in [0.25, 0.3) is 0 Å². The molecule has 0 radical (unpaired) electrons. The zero-order valence-corrected chi connectivity index (χ0v) is 16.0. The topological polar surface area (TPSA) is 65.8 Å². The number of likely N-dealkylation sites (N-methyl/N-ethyl adjacent to an activating group) is 1. The van der Waals surface area contributed by atoms with Crippen LogP contribution in [0.3, 0.4) is 0 Å². The summed E-state index contributed by atoms with van der Waals surface area (Å²) in [5.41, 5.74) is -0.364. The van der Waals surface area contributed by atoms with Gasteiger partial charge in [-0.3, -0.25) is 14.5 Å². The molecule has 2 heterocycles. The van der Waals surface area contributed by atoms with Gasteiger partial charge in [-0.25, -0.2) is 0 Å². The number of hydrogen-bond donors (Lipinski definition) is 1. The molecule has 1 atom stereocenters. The molecule has 6 heteroatoms. The van der Waals surface area contributed by atoms with E-state index in [9.17, 15) is 9.59 Å². The van der Waals surface area contributed by atoms with E-state index in [0.717, 1.165) is 18.6 Å². The lowest BCUT2D eigenvalue weighted by molar-refractivity contribution is -0.142. The van der Waals surface area contributed by atoms with Crippen LogP contribution in [0.2, 0.25) is 0 Å². The Balaban J connectivity index is 1.83. The van der Waals surface area contributed by atoms with Crippen molar-refractivity contribution in [3.05, 3.63) is 24.2 Å². The summed E-state index contributed by atoms with van der Waals surface area (Å²) in [7, 11) is 3.94. The van der Waals surface area contributed by atoms with Gasteiger partial charge in [-0.05, 0) is 39.1 Å². The van der Waals surface area contributed by atoms with Crippen LogP contribution in [0.25, 0.3) is 0 Å². The van der Waals surface area contributed by atoms with Crippen molar-refractivity contribution in [2.75, 3.05) is 33.7 Å². The summed E-state index contributed by atoms with van der Waals surface area (Å²) in [6, 6.07) is 3.80. The van der Waals surface area contributed by atoms with Gasteiger partial charge in [0.1, 0.15) is 5.76 Å². The number of hydrogen-bond acceptors (Lipinski definition) is 4. The highest BCUT2D eigenvalue weighted by Crippen LogP contribution is 2.24. The van der Waals surface area contributed by atoms with Crippen molar-refractivity contribution in [3.8, 4) is 0 Å². The lowest BCUT2D eigenvalue weighted by Gasteiger charge is -2.35. The molecule has 1 aliphatic rings. The molecule has 2 amide bonds. The largest absolute Gasteiger partial charge is 0.468 e. The van der Waals surface area contributed by atoms with E-state index in [2.05, 4.69) is 5.32 Å². The smallest absolute Gasteiger partial charge is 0.227 e. The first kappa shape index (κ1) is 19.5. The minimum Gasteiger partial charge on any atom is -0.468 e. The fraction of sp³-hybridized carbons (Fsp3) is 0.684. The first-order valence-electron chi connectivity index (χ1n) is 8.97. The SMILES string of the molecule is CN(C)C(CNC(=O)C1CCN(C(=O)C(C)(C)C)CC1)c1ccco1. The van der Waals surface area contributed by atoms with E-state index in [0.29, 0.717) is 19.6 Å². The predicted octanol–water partition coefficient (Wildman–Crippen LogP) is 2.28. The van der Waals surface area contributed by atoms with E-state index in [-0.39, 0.29) is 29.2 Å². The molecule has 0 aliphatic carbocycles. The van der Waals surface area contributed by atoms with Crippen molar-refractivity contribution < 1.29 is 14.0 Å². The van der Waals surface area contributed by atoms with Crippen molar-refractivity contribution in [3.63, 3.8) is 0 Å². The third-order valence-electron chi connectivity index (χ3n) is 4.76. The number of piperidine rings is 1. The second-order valence-electron chi connectivity index (χ2n) is 8.06. The molecular weight excluding hydrogens is 318 g/mol. The Kier molecular flexibility index (Phi) is 6.27. The first-order chi connectivity index (χ1) is 11.7. The first-order valence-corrected chi connectivity index (χ1v) is 8.97. The molecule has 1 saturated heterocycles. The Bertz CT molecular complexity index is 567. The Hall–Kier alpha value is -1.82. The minimum atomic E-state index is -0.364. The van der Waals surface area contributed by atoms with Gasteiger partial charge in [0.15, 0.2) is 0 Å². The summed E-state index contributed by atoms with van der Waals surface area (Å²) in [5, 5.41) is 3.05. The van der Waals surface area contributed by atoms with Crippen LogP contribution >= 0.6 is 0 Å². The lowest BCUT2D eigenvalue weighted by Crippen LogP contribution is -2.47. The molecular formula is C19H31N3O3. The average molecular weight is 349 g/mol. The summed E-state index contributed by atoms with van der Waals surface area (Å²) in [6.07, 6.45) is 3.09. The molecule has 1 fully saturated rings. The number of amides is 2. The maximum Gasteiger partial charge on any atom is 0.227 e. The third-order valence-corrected chi connectivity index (χ3v) is 4.76. The highest BCUT2D eigenvalue weighted by atomic mass is 16.3. The van der Waals surface area contributed by atoms with Gasteiger partial charge < -0.3 is 14.6 Å². The molecule has 140 valence electrons. The van der Waals surface area contributed by atoms with Gasteiger partial charge in [-0.1, -0.05) is 20.8 Å². The van der Waals surface area contributed by atoms with Crippen LogP contribution in [0.15, 0.2) is 22.8 Å². The number of nitrogens with zero attached hydrogens (tertiary/aromatic N) is 2. The normalized spacial score (nSPS) is 17.6. The van der Waals surface area contributed by atoms with Crippen molar-refractivity contribution in [2.45, 2.75) is 39.7 Å². The maximum absolute atomic E-state index is 12.5. The highest BCUT2D eigenvalue weighted by Gasteiger charge is 2.32. The zero-order chi connectivity index (χ0) is 18.6. The Morgan fingerprint density at radius 2 is 1.96 bits per heavy atom. The molecule has 2 rings (SSSR count). The second kappa shape index (κ2) is 8.04. The van der Waals surface area contributed by atoms with Crippen LogP contribution in [0.1, 0.15) is 45.4 Å². The van der Waals surface area contributed by atoms with E-state index in [1.165, 1.54) is 0 Å². The molecule has 1 aromatic rings. The fourth-order valence-corrected chi connectivity index (χ4v) is 3.18. The number of rotatable bonds is 5. The average Bonchev–Trinajstić information content (AvgIpc) is 3.07. The van der Waals surface area contributed by atoms with Crippen LogP contribution in [-0.2, 0) is 9.59 Å². The molecule has 25 heavy (non-hydrogen) atoms. The fourth-order valence-electron chi connectivity index (χ4n) is 3.18. The lowest BCUT2D eigenvalue weighted by atomic mass is 9.90. The van der Waals surface area contributed by atoms with Gasteiger partial charge in [0, 0.05) is 31.0 Å². The molecule has 0 aromatic carbocycles. The molecule has 0 spiro atoms. The van der Waals surface area contributed by atoms with Crippen molar-refractivity contribution in [2.24, 2.45) is 11.3 Å². The number of likely N-dealkylation sites (tertiary alicyclic amines) is 1.